The van der Waals surface area contributed by atoms with Crippen LogP contribution in [-0.4, -0.2) is 4.98 Å². The van der Waals surface area contributed by atoms with E-state index < -0.39 is 0 Å². The fraction of sp³-hybridized carbons (Fsp3) is 0.286. The number of halogens is 1. The van der Waals surface area contributed by atoms with Crippen LogP contribution >= 0.6 is 11.6 Å². The molecule has 1 N–H and O–H groups in total. The van der Waals surface area contributed by atoms with Crippen molar-refractivity contribution in [2.75, 3.05) is 0 Å². The summed E-state index contributed by atoms with van der Waals surface area (Å²) in [5.41, 5.74) is 1.71. The second kappa shape index (κ2) is 2.46. The lowest BCUT2D eigenvalue weighted by Crippen LogP contribution is -2.06. The summed E-state index contributed by atoms with van der Waals surface area (Å²) in [6.45, 7) is 3.73. The number of aromatic amines is 1. The van der Waals surface area contributed by atoms with Gasteiger partial charge < -0.3 is 4.98 Å². The summed E-state index contributed by atoms with van der Waals surface area (Å²) in [4.78, 5) is 13.2. The van der Waals surface area contributed by atoms with Crippen LogP contribution in [0.1, 0.15) is 11.1 Å². The van der Waals surface area contributed by atoms with E-state index in [4.69, 9.17) is 11.6 Å². The van der Waals surface area contributed by atoms with E-state index in [9.17, 15) is 4.79 Å². The van der Waals surface area contributed by atoms with Gasteiger partial charge in [0.05, 0.1) is 0 Å². The Morgan fingerprint density at radius 2 is 2.10 bits per heavy atom. The highest BCUT2D eigenvalue weighted by molar-refractivity contribution is 6.30. The summed E-state index contributed by atoms with van der Waals surface area (Å²) in [5, 5.41) is 0.435. The van der Waals surface area contributed by atoms with E-state index >= 15 is 0 Å². The van der Waals surface area contributed by atoms with E-state index in [2.05, 4.69) is 4.98 Å². The Morgan fingerprint density at radius 1 is 1.50 bits per heavy atom. The summed E-state index contributed by atoms with van der Waals surface area (Å²) in [6, 6.07) is 1.53. The van der Waals surface area contributed by atoms with Crippen molar-refractivity contribution in [3.63, 3.8) is 0 Å². The van der Waals surface area contributed by atoms with Gasteiger partial charge in [-0.3, -0.25) is 4.79 Å². The smallest absolute Gasteiger partial charge is 0.249 e. The third-order valence-corrected chi connectivity index (χ3v) is 1.88. The Bertz CT molecular complexity index is 277. The zero-order chi connectivity index (χ0) is 7.72. The van der Waals surface area contributed by atoms with Gasteiger partial charge in [-0.1, -0.05) is 11.6 Å². The number of H-pyrrole nitrogens is 1. The van der Waals surface area contributed by atoms with Crippen molar-refractivity contribution >= 4 is 11.6 Å². The second-order valence-electron chi connectivity index (χ2n) is 2.26. The average Bonchev–Trinajstić information content (AvgIpc) is 1.82. The zero-order valence-corrected chi connectivity index (χ0v) is 6.62. The summed E-state index contributed by atoms with van der Waals surface area (Å²) < 4.78 is 0. The molecule has 0 radical (unpaired) electrons. The lowest BCUT2D eigenvalue weighted by molar-refractivity contribution is 1.16. The van der Waals surface area contributed by atoms with E-state index in [0.29, 0.717) is 5.15 Å². The maximum atomic E-state index is 10.7. The van der Waals surface area contributed by atoms with Gasteiger partial charge in [-0.15, -0.1) is 0 Å². The molecule has 0 unspecified atom stereocenters. The SMILES string of the molecule is Cc1cc(=O)[nH]c(Cl)c1C. The van der Waals surface area contributed by atoms with Gasteiger partial charge >= 0.3 is 0 Å². The number of rotatable bonds is 0. The molecule has 0 saturated heterocycles. The molecule has 1 heterocycles. The zero-order valence-electron chi connectivity index (χ0n) is 5.86. The molecule has 0 aliphatic heterocycles. The molecule has 0 fully saturated rings. The van der Waals surface area contributed by atoms with Crippen molar-refractivity contribution < 1.29 is 0 Å². The van der Waals surface area contributed by atoms with Crippen LogP contribution in [0.4, 0.5) is 0 Å². The highest BCUT2D eigenvalue weighted by Crippen LogP contribution is 2.11. The Hall–Kier alpha value is -0.760. The normalized spacial score (nSPS) is 9.90. The lowest BCUT2D eigenvalue weighted by atomic mass is 10.2. The molecule has 0 spiro atoms. The van der Waals surface area contributed by atoms with Gasteiger partial charge in [-0.25, -0.2) is 0 Å². The van der Waals surface area contributed by atoms with Crippen LogP contribution in [0, 0.1) is 13.8 Å². The average molecular weight is 158 g/mol. The van der Waals surface area contributed by atoms with E-state index in [0.717, 1.165) is 11.1 Å². The number of nitrogens with one attached hydrogen (secondary N) is 1. The van der Waals surface area contributed by atoms with Crippen molar-refractivity contribution in [1.29, 1.82) is 0 Å². The van der Waals surface area contributed by atoms with Crippen LogP contribution in [-0.2, 0) is 0 Å². The highest BCUT2D eigenvalue weighted by atomic mass is 35.5. The Labute approximate surface area is 63.8 Å². The third kappa shape index (κ3) is 1.21. The molecule has 0 saturated carbocycles. The van der Waals surface area contributed by atoms with Crippen LogP contribution in [0.15, 0.2) is 10.9 Å². The minimum absolute atomic E-state index is 0.145. The van der Waals surface area contributed by atoms with Crippen molar-refractivity contribution in [2.24, 2.45) is 0 Å². The molecule has 1 aromatic rings. The van der Waals surface area contributed by atoms with Crippen LogP contribution in [0.3, 0.4) is 0 Å². The predicted molar refractivity (Wildman–Crippen MR) is 41.5 cm³/mol. The largest absolute Gasteiger partial charge is 0.313 e. The lowest BCUT2D eigenvalue weighted by Gasteiger charge is -1.98. The van der Waals surface area contributed by atoms with Gasteiger partial charge in [0.25, 0.3) is 0 Å². The molecule has 0 amide bonds. The van der Waals surface area contributed by atoms with Gasteiger partial charge in [0.1, 0.15) is 5.15 Å². The first-order valence-electron chi connectivity index (χ1n) is 2.97. The van der Waals surface area contributed by atoms with Gasteiger partial charge in [0.2, 0.25) is 5.56 Å². The molecule has 0 atom stereocenters. The summed E-state index contributed by atoms with van der Waals surface area (Å²) >= 11 is 5.66. The van der Waals surface area contributed by atoms with E-state index in [-0.39, 0.29) is 5.56 Å². The van der Waals surface area contributed by atoms with Gasteiger partial charge in [-0.2, -0.15) is 0 Å². The quantitative estimate of drug-likeness (QED) is 0.571. The monoisotopic (exact) mass is 157 g/mol. The standard InChI is InChI=1S/C7H8ClNO/c1-4-3-6(10)9-7(8)5(4)2/h3H,1-2H3,(H,9,10). The number of pyridine rings is 1. The molecule has 0 aliphatic rings. The van der Waals surface area contributed by atoms with Crippen LogP contribution < -0.4 is 5.56 Å². The number of aryl methyl sites for hydroxylation is 1. The molecule has 2 nitrogen and oxygen atoms in total. The molecule has 3 heteroatoms. The maximum absolute atomic E-state index is 10.7. The number of aromatic nitrogens is 1. The summed E-state index contributed by atoms with van der Waals surface area (Å²) in [5.74, 6) is 0. The Balaban J connectivity index is 3.46. The molecular weight excluding hydrogens is 150 g/mol. The summed E-state index contributed by atoms with van der Waals surface area (Å²) in [6.07, 6.45) is 0. The third-order valence-electron chi connectivity index (χ3n) is 1.50. The van der Waals surface area contributed by atoms with Gasteiger partial charge in [-0.05, 0) is 25.0 Å². The molecule has 0 aromatic carbocycles. The second-order valence-corrected chi connectivity index (χ2v) is 2.63. The number of hydrogen-bond acceptors (Lipinski definition) is 1. The minimum atomic E-state index is -0.145. The molecule has 0 bridgehead atoms. The first-order valence-corrected chi connectivity index (χ1v) is 3.35. The molecule has 0 aliphatic carbocycles. The predicted octanol–water partition coefficient (Wildman–Crippen LogP) is 1.65. The first kappa shape index (κ1) is 7.35. The molecule has 54 valence electrons. The molecule has 1 aromatic heterocycles. The van der Waals surface area contributed by atoms with E-state index in [1.54, 1.807) is 0 Å². The molecular formula is C7H8ClNO. The number of hydrogen-bond donors (Lipinski definition) is 1. The fourth-order valence-corrected chi connectivity index (χ4v) is 0.958. The van der Waals surface area contributed by atoms with Crippen molar-refractivity contribution in [3.05, 3.63) is 32.7 Å². The topological polar surface area (TPSA) is 32.9 Å². The maximum Gasteiger partial charge on any atom is 0.249 e. The van der Waals surface area contributed by atoms with Crippen molar-refractivity contribution in [1.82, 2.24) is 4.98 Å². The summed E-state index contributed by atoms with van der Waals surface area (Å²) in [7, 11) is 0. The van der Waals surface area contributed by atoms with Crippen LogP contribution in [0.25, 0.3) is 0 Å². The van der Waals surface area contributed by atoms with Crippen molar-refractivity contribution in [2.45, 2.75) is 13.8 Å². The van der Waals surface area contributed by atoms with Crippen LogP contribution in [0.5, 0.6) is 0 Å². The van der Waals surface area contributed by atoms with Crippen molar-refractivity contribution in [3.8, 4) is 0 Å². The molecule has 10 heavy (non-hydrogen) atoms. The van der Waals surface area contributed by atoms with Gasteiger partial charge in [0, 0.05) is 6.07 Å². The fourth-order valence-electron chi connectivity index (χ4n) is 0.716. The Morgan fingerprint density at radius 3 is 2.60 bits per heavy atom. The molecule has 1 rings (SSSR count). The van der Waals surface area contributed by atoms with E-state index in [1.165, 1.54) is 6.07 Å². The Kier molecular flexibility index (Phi) is 1.81. The van der Waals surface area contributed by atoms with Crippen LogP contribution in [0.2, 0.25) is 5.15 Å². The highest BCUT2D eigenvalue weighted by Gasteiger charge is 1.98. The van der Waals surface area contributed by atoms with Gasteiger partial charge in [0.15, 0.2) is 0 Å². The minimum Gasteiger partial charge on any atom is -0.313 e. The van der Waals surface area contributed by atoms with E-state index in [1.807, 2.05) is 13.8 Å². The first-order chi connectivity index (χ1) is 4.61.